The Morgan fingerprint density at radius 2 is 1.92 bits per heavy atom. The Balaban J connectivity index is 0.00000288. The number of aryl methyl sites for hydroxylation is 1. The van der Waals surface area contributed by atoms with Crippen molar-refractivity contribution in [3.8, 4) is 0 Å². The summed E-state index contributed by atoms with van der Waals surface area (Å²) in [4.78, 5) is 17.5. The van der Waals surface area contributed by atoms with Crippen molar-refractivity contribution in [2.45, 2.75) is 12.5 Å². The van der Waals surface area contributed by atoms with Crippen LogP contribution in [-0.2, 0) is 18.3 Å². The van der Waals surface area contributed by atoms with E-state index >= 15 is 0 Å². The summed E-state index contributed by atoms with van der Waals surface area (Å²) in [5, 5.41) is 8.95. The number of carboxylic acid groups (broad SMARTS) is 1. The van der Waals surface area contributed by atoms with Crippen LogP contribution in [0.2, 0.25) is 0 Å². The monoisotopic (exact) mass is 430 g/mol. The van der Waals surface area contributed by atoms with Crippen molar-refractivity contribution in [2.75, 3.05) is 29.7 Å². The molecule has 6 nitrogen and oxygen atoms in total. The van der Waals surface area contributed by atoms with E-state index in [-0.39, 0.29) is 31.2 Å². The maximum absolute atomic E-state index is 10.9. The molecule has 0 amide bonds. The summed E-state index contributed by atoms with van der Waals surface area (Å²) < 4.78 is 1.87. The number of carbonyl (C=O) groups is 1. The van der Waals surface area contributed by atoms with E-state index in [4.69, 9.17) is 34.0 Å². The number of hydrogen-bond acceptors (Lipinski definition) is 4. The van der Waals surface area contributed by atoms with Crippen LogP contribution in [0.5, 0.6) is 0 Å². The number of benzene rings is 1. The zero-order chi connectivity index (χ0) is 17.0. The van der Waals surface area contributed by atoms with Gasteiger partial charge in [-0.3, -0.25) is 4.79 Å². The number of fused-ring (bicyclic) bond motifs is 1. The number of alkyl halides is 2. The van der Waals surface area contributed by atoms with Gasteiger partial charge in [0.1, 0.15) is 11.9 Å². The number of nitrogens with zero attached hydrogens (tertiary/aromatic N) is 3. The average molecular weight is 432 g/mol. The largest absolute Gasteiger partial charge is 0.480 e. The second-order valence-corrected chi connectivity index (χ2v) is 6.03. The topological polar surface area (TPSA) is 84.4 Å². The molecule has 1 atom stereocenters. The molecule has 2 aromatic rings. The highest BCUT2D eigenvalue weighted by Gasteiger charge is 2.17. The molecular weight excluding hydrogens is 410 g/mol. The molecule has 10 heteroatoms. The van der Waals surface area contributed by atoms with Gasteiger partial charge in [0.15, 0.2) is 0 Å². The first kappa shape index (κ1) is 24.1. The van der Waals surface area contributed by atoms with Gasteiger partial charge in [0.2, 0.25) is 0 Å². The van der Waals surface area contributed by atoms with Gasteiger partial charge in [-0.15, -0.1) is 48.0 Å². The fraction of sp³-hybridized carbons (Fsp3) is 0.467. The van der Waals surface area contributed by atoms with Crippen LogP contribution in [0.1, 0.15) is 5.82 Å². The van der Waals surface area contributed by atoms with E-state index in [2.05, 4.69) is 9.88 Å². The van der Waals surface area contributed by atoms with E-state index < -0.39 is 12.0 Å². The number of hydrogen-bond donors (Lipinski definition) is 2. The highest BCUT2D eigenvalue weighted by Crippen LogP contribution is 2.23. The quantitative estimate of drug-likeness (QED) is 0.627. The number of nitrogens with two attached hydrogens (primary N) is 1. The lowest BCUT2D eigenvalue weighted by atomic mass is 10.2. The molecule has 1 aromatic carbocycles. The Bertz CT molecular complexity index is 689. The molecule has 3 N–H and O–H groups in total. The van der Waals surface area contributed by atoms with Crippen LogP contribution in [0.4, 0.5) is 5.69 Å². The van der Waals surface area contributed by atoms with Crippen LogP contribution < -0.4 is 10.6 Å². The van der Waals surface area contributed by atoms with Gasteiger partial charge in [0.25, 0.3) is 0 Å². The number of carboxylic acids is 1. The second-order valence-electron chi connectivity index (χ2n) is 5.27. The lowest BCUT2D eigenvalue weighted by Gasteiger charge is -2.22. The van der Waals surface area contributed by atoms with E-state index in [1.807, 2.05) is 29.8 Å². The number of aromatic nitrogens is 2. The Kier molecular flexibility index (Phi) is 10.5. The summed E-state index contributed by atoms with van der Waals surface area (Å²) in [5.41, 5.74) is 8.32. The molecular formula is C15H22Cl4N4O2. The van der Waals surface area contributed by atoms with E-state index in [1.165, 1.54) is 0 Å². The molecule has 142 valence electrons. The van der Waals surface area contributed by atoms with Crippen molar-refractivity contribution < 1.29 is 9.90 Å². The van der Waals surface area contributed by atoms with Crippen molar-refractivity contribution in [1.29, 1.82) is 0 Å². The maximum atomic E-state index is 10.9. The third-order valence-electron chi connectivity index (χ3n) is 3.75. The van der Waals surface area contributed by atoms with Crippen molar-refractivity contribution >= 4 is 70.7 Å². The number of anilines is 1. The fourth-order valence-corrected chi connectivity index (χ4v) is 2.88. The van der Waals surface area contributed by atoms with Gasteiger partial charge >= 0.3 is 5.97 Å². The van der Waals surface area contributed by atoms with Crippen LogP contribution in [0.15, 0.2) is 18.2 Å². The summed E-state index contributed by atoms with van der Waals surface area (Å²) in [7, 11) is 1.86. The predicted octanol–water partition coefficient (Wildman–Crippen LogP) is 2.66. The highest BCUT2D eigenvalue weighted by atomic mass is 35.5. The summed E-state index contributed by atoms with van der Waals surface area (Å²) in [6.07, 6.45) is 0.183. The van der Waals surface area contributed by atoms with Crippen LogP contribution in [0.3, 0.4) is 0 Å². The zero-order valence-corrected chi connectivity index (χ0v) is 16.8. The fourth-order valence-electron chi connectivity index (χ4n) is 2.48. The molecule has 0 spiro atoms. The molecule has 0 aliphatic rings. The van der Waals surface area contributed by atoms with E-state index in [0.717, 1.165) is 16.7 Å². The third kappa shape index (κ3) is 5.79. The summed E-state index contributed by atoms with van der Waals surface area (Å²) in [6, 6.07) is 4.95. The maximum Gasteiger partial charge on any atom is 0.320 e. The number of halogens is 4. The molecule has 0 saturated heterocycles. The zero-order valence-electron chi connectivity index (χ0n) is 13.7. The van der Waals surface area contributed by atoms with Gasteiger partial charge in [-0.05, 0) is 18.2 Å². The minimum absolute atomic E-state index is 0. The number of rotatable bonds is 8. The standard InChI is InChI=1S/C15H20Cl2N4O2.2ClH/c1-20-13-3-2-10(21(6-4-16)7-5-17)8-12(13)19-14(20)9-11(18)15(22)23;;/h2-3,8,11H,4-7,9,18H2,1H3,(H,22,23);2*1H/t11-;;/m0../s1. The van der Waals surface area contributed by atoms with Crippen molar-refractivity contribution in [2.24, 2.45) is 12.8 Å². The van der Waals surface area contributed by atoms with E-state index in [9.17, 15) is 4.79 Å². The minimum atomic E-state index is -1.03. The van der Waals surface area contributed by atoms with Crippen LogP contribution in [0, 0.1) is 0 Å². The average Bonchev–Trinajstić information content (AvgIpc) is 2.82. The molecule has 0 bridgehead atoms. The van der Waals surface area contributed by atoms with Crippen molar-refractivity contribution in [3.63, 3.8) is 0 Å². The van der Waals surface area contributed by atoms with Crippen LogP contribution in [0.25, 0.3) is 11.0 Å². The van der Waals surface area contributed by atoms with Gasteiger partial charge in [-0.25, -0.2) is 4.98 Å². The molecule has 1 aromatic heterocycles. The number of imidazole rings is 1. The molecule has 0 unspecified atom stereocenters. The Labute approximate surface area is 169 Å². The third-order valence-corrected chi connectivity index (χ3v) is 4.09. The summed E-state index contributed by atoms with van der Waals surface area (Å²) in [6.45, 7) is 1.40. The first-order chi connectivity index (χ1) is 11.0. The molecule has 0 saturated carbocycles. The molecule has 0 radical (unpaired) electrons. The van der Waals surface area contributed by atoms with Gasteiger partial charge in [0.05, 0.1) is 11.0 Å². The second kappa shape index (κ2) is 10.9. The molecule has 1 heterocycles. The van der Waals surface area contributed by atoms with E-state index in [1.54, 1.807) is 0 Å². The highest BCUT2D eigenvalue weighted by molar-refractivity contribution is 6.18. The normalized spacial score (nSPS) is 11.5. The van der Waals surface area contributed by atoms with Gasteiger partial charge in [-0.1, -0.05) is 0 Å². The van der Waals surface area contributed by atoms with E-state index in [0.29, 0.717) is 30.7 Å². The number of aliphatic carboxylic acids is 1. The van der Waals surface area contributed by atoms with Crippen LogP contribution in [-0.4, -0.2) is 51.5 Å². The lowest BCUT2D eigenvalue weighted by Crippen LogP contribution is -2.33. The molecule has 0 fully saturated rings. The molecule has 2 rings (SSSR count). The van der Waals surface area contributed by atoms with Gasteiger partial charge in [0, 0.05) is 44.0 Å². The first-order valence-corrected chi connectivity index (χ1v) is 8.35. The summed E-state index contributed by atoms with van der Waals surface area (Å²) >= 11 is 11.7. The Morgan fingerprint density at radius 3 is 2.44 bits per heavy atom. The molecule has 25 heavy (non-hydrogen) atoms. The molecule has 0 aliphatic heterocycles. The Hall–Kier alpha value is -0.920. The minimum Gasteiger partial charge on any atom is -0.480 e. The summed E-state index contributed by atoms with van der Waals surface area (Å²) in [5.74, 6) is 0.632. The molecule has 0 aliphatic carbocycles. The SMILES string of the molecule is Cl.Cl.Cn1c(C[C@H](N)C(=O)O)nc2cc(N(CCCl)CCCl)ccc21. The van der Waals surface area contributed by atoms with Gasteiger partial charge < -0.3 is 20.3 Å². The smallest absolute Gasteiger partial charge is 0.320 e. The van der Waals surface area contributed by atoms with Crippen molar-refractivity contribution in [3.05, 3.63) is 24.0 Å². The lowest BCUT2D eigenvalue weighted by molar-refractivity contribution is -0.138. The van der Waals surface area contributed by atoms with Crippen molar-refractivity contribution in [1.82, 2.24) is 9.55 Å². The predicted molar refractivity (Wildman–Crippen MR) is 108 cm³/mol. The first-order valence-electron chi connectivity index (χ1n) is 7.28. The Morgan fingerprint density at radius 1 is 1.32 bits per heavy atom. The van der Waals surface area contributed by atoms with Crippen LogP contribution >= 0.6 is 48.0 Å². The van der Waals surface area contributed by atoms with Gasteiger partial charge in [-0.2, -0.15) is 0 Å².